The second-order valence-corrected chi connectivity index (χ2v) is 5.63. The molecule has 0 unspecified atom stereocenters. The maximum atomic E-state index is 12.0. The molecule has 0 aliphatic heterocycles. The van der Waals surface area contributed by atoms with Crippen LogP contribution in [0.25, 0.3) is 0 Å². The van der Waals surface area contributed by atoms with Crippen LogP contribution in [0.2, 0.25) is 0 Å². The zero-order valence-corrected chi connectivity index (χ0v) is 11.7. The molecule has 19 heavy (non-hydrogen) atoms. The second kappa shape index (κ2) is 6.00. The summed E-state index contributed by atoms with van der Waals surface area (Å²) in [5.74, 6) is 0.256. The molecule has 2 rings (SSSR count). The molecule has 3 nitrogen and oxygen atoms in total. The van der Waals surface area contributed by atoms with Gasteiger partial charge in [-0.3, -0.25) is 9.59 Å². The number of Topliss-reactive ketones (excluding diaryl/α,β-unsaturated/α-hetero) is 1. The van der Waals surface area contributed by atoms with Crippen molar-refractivity contribution >= 4 is 11.7 Å². The summed E-state index contributed by atoms with van der Waals surface area (Å²) < 4.78 is 0. The van der Waals surface area contributed by atoms with E-state index in [-0.39, 0.29) is 18.2 Å². The Hall–Kier alpha value is -1.64. The summed E-state index contributed by atoms with van der Waals surface area (Å²) in [4.78, 5) is 23.5. The molecule has 0 saturated heterocycles. The van der Waals surface area contributed by atoms with Gasteiger partial charge in [0.1, 0.15) is 0 Å². The average Bonchev–Trinajstić information content (AvgIpc) is 2.82. The number of aryl methyl sites for hydroxylation is 2. The molecule has 0 atom stereocenters. The molecule has 1 aliphatic carbocycles. The van der Waals surface area contributed by atoms with E-state index in [1.807, 2.05) is 32.0 Å². The Bertz CT molecular complexity index is 492. The van der Waals surface area contributed by atoms with E-state index in [0.29, 0.717) is 17.9 Å². The van der Waals surface area contributed by atoms with Crippen molar-refractivity contribution in [2.24, 2.45) is 5.92 Å². The SMILES string of the molecule is CC(C)CC(=O)NCC(=O)c1ccc2c(c1)CCC2. The van der Waals surface area contributed by atoms with E-state index >= 15 is 0 Å². The molecule has 1 N–H and O–H groups in total. The van der Waals surface area contributed by atoms with E-state index < -0.39 is 0 Å². The molecule has 0 fully saturated rings. The van der Waals surface area contributed by atoms with Gasteiger partial charge in [-0.2, -0.15) is 0 Å². The minimum absolute atomic E-state index is 0.00759. The first-order valence-corrected chi connectivity index (χ1v) is 6.98. The van der Waals surface area contributed by atoms with Gasteiger partial charge in [0.25, 0.3) is 0 Å². The van der Waals surface area contributed by atoms with E-state index in [4.69, 9.17) is 0 Å². The lowest BCUT2D eigenvalue weighted by Crippen LogP contribution is -2.30. The topological polar surface area (TPSA) is 46.2 Å². The van der Waals surface area contributed by atoms with Crippen LogP contribution in [-0.4, -0.2) is 18.2 Å². The predicted octanol–water partition coefficient (Wildman–Crippen LogP) is 2.52. The Morgan fingerprint density at radius 3 is 2.68 bits per heavy atom. The van der Waals surface area contributed by atoms with Crippen LogP contribution in [0, 0.1) is 5.92 Å². The molecule has 1 aromatic rings. The lowest BCUT2D eigenvalue weighted by molar-refractivity contribution is -0.121. The highest BCUT2D eigenvalue weighted by Gasteiger charge is 2.14. The Labute approximate surface area is 114 Å². The van der Waals surface area contributed by atoms with Gasteiger partial charge in [0, 0.05) is 12.0 Å². The molecule has 0 spiro atoms. The minimum Gasteiger partial charge on any atom is -0.349 e. The fourth-order valence-corrected chi connectivity index (χ4v) is 2.47. The van der Waals surface area contributed by atoms with Crippen LogP contribution >= 0.6 is 0 Å². The van der Waals surface area contributed by atoms with Gasteiger partial charge in [-0.05, 0) is 42.4 Å². The number of ketones is 1. The molecule has 0 radical (unpaired) electrons. The normalized spacial score (nSPS) is 13.4. The predicted molar refractivity (Wildman–Crippen MR) is 75.3 cm³/mol. The fraction of sp³-hybridized carbons (Fsp3) is 0.500. The molecular weight excluding hydrogens is 238 g/mol. The van der Waals surface area contributed by atoms with Gasteiger partial charge in [-0.1, -0.05) is 26.0 Å². The van der Waals surface area contributed by atoms with Crippen molar-refractivity contribution in [3.8, 4) is 0 Å². The van der Waals surface area contributed by atoms with Crippen molar-refractivity contribution in [2.45, 2.75) is 39.5 Å². The monoisotopic (exact) mass is 259 g/mol. The minimum atomic E-state index is -0.0514. The maximum absolute atomic E-state index is 12.0. The first-order valence-electron chi connectivity index (χ1n) is 6.98. The van der Waals surface area contributed by atoms with Crippen molar-refractivity contribution in [1.82, 2.24) is 5.32 Å². The molecule has 0 bridgehead atoms. The highest BCUT2D eigenvalue weighted by molar-refractivity contribution is 5.99. The number of carbonyl (C=O) groups is 2. The summed E-state index contributed by atoms with van der Waals surface area (Å²) in [5.41, 5.74) is 3.37. The van der Waals surface area contributed by atoms with Gasteiger partial charge in [0.15, 0.2) is 5.78 Å². The molecular formula is C16H21NO2. The number of fused-ring (bicyclic) bond motifs is 1. The fourth-order valence-electron chi connectivity index (χ4n) is 2.47. The summed E-state index contributed by atoms with van der Waals surface area (Å²) in [6.07, 6.45) is 3.83. The summed E-state index contributed by atoms with van der Waals surface area (Å²) in [6, 6.07) is 5.91. The first kappa shape index (κ1) is 13.8. The summed E-state index contributed by atoms with van der Waals surface area (Å²) in [7, 11) is 0. The van der Waals surface area contributed by atoms with E-state index in [2.05, 4.69) is 5.32 Å². The van der Waals surface area contributed by atoms with E-state index in [1.165, 1.54) is 17.5 Å². The molecule has 3 heteroatoms. The Balaban J connectivity index is 1.91. The lowest BCUT2D eigenvalue weighted by Gasteiger charge is -2.07. The van der Waals surface area contributed by atoms with Gasteiger partial charge in [-0.15, -0.1) is 0 Å². The number of hydrogen-bond donors (Lipinski definition) is 1. The van der Waals surface area contributed by atoms with Crippen molar-refractivity contribution < 1.29 is 9.59 Å². The quantitative estimate of drug-likeness (QED) is 0.826. The summed E-state index contributed by atoms with van der Waals surface area (Å²) >= 11 is 0. The van der Waals surface area contributed by atoms with Crippen molar-refractivity contribution in [3.63, 3.8) is 0 Å². The van der Waals surface area contributed by atoms with E-state index in [9.17, 15) is 9.59 Å². The smallest absolute Gasteiger partial charge is 0.220 e. The summed E-state index contributed by atoms with van der Waals surface area (Å²) in [5, 5.41) is 2.69. The molecule has 0 saturated carbocycles. The van der Waals surface area contributed by atoms with Crippen LogP contribution in [0.5, 0.6) is 0 Å². The Morgan fingerprint density at radius 2 is 1.95 bits per heavy atom. The van der Waals surface area contributed by atoms with Gasteiger partial charge >= 0.3 is 0 Å². The standard InChI is InChI=1S/C16H21NO2/c1-11(2)8-16(19)17-10-15(18)14-7-6-12-4-3-5-13(12)9-14/h6-7,9,11H,3-5,8,10H2,1-2H3,(H,17,19). The van der Waals surface area contributed by atoms with Gasteiger partial charge in [-0.25, -0.2) is 0 Å². The number of carbonyl (C=O) groups excluding carboxylic acids is 2. The van der Waals surface area contributed by atoms with Crippen LogP contribution in [0.1, 0.15) is 48.2 Å². The van der Waals surface area contributed by atoms with Gasteiger partial charge in [0.2, 0.25) is 5.91 Å². The van der Waals surface area contributed by atoms with Crippen LogP contribution in [0.3, 0.4) is 0 Å². The van der Waals surface area contributed by atoms with E-state index in [1.54, 1.807) is 0 Å². The second-order valence-electron chi connectivity index (χ2n) is 5.63. The van der Waals surface area contributed by atoms with Crippen LogP contribution in [0.15, 0.2) is 18.2 Å². The lowest BCUT2D eigenvalue weighted by atomic mass is 10.0. The molecule has 1 aromatic carbocycles. The van der Waals surface area contributed by atoms with Crippen molar-refractivity contribution in [1.29, 1.82) is 0 Å². The number of amides is 1. The summed E-state index contributed by atoms with van der Waals surface area (Å²) in [6.45, 7) is 4.08. The molecule has 0 heterocycles. The highest BCUT2D eigenvalue weighted by atomic mass is 16.2. The van der Waals surface area contributed by atoms with E-state index in [0.717, 1.165) is 12.8 Å². The molecule has 102 valence electrons. The number of benzene rings is 1. The average molecular weight is 259 g/mol. The largest absolute Gasteiger partial charge is 0.349 e. The number of nitrogens with one attached hydrogen (secondary N) is 1. The Kier molecular flexibility index (Phi) is 4.35. The van der Waals surface area contributed by atoms with Gasteiger partial charge < -0.3 is 5.32 Å². The molecule has 0 aromatic heterocycles. The zero-order chi connectivity index (χ0) is 13.8. The third-order valence-electron chi connectivity index (χ3n) is 3.46. The third-order valence-corrected chi connectivity index (χ3v) is 3.46. The highest BCUT2D eigenvalue weighted by Crippen LogP contribution is 2.22. The number of hydrogen-bond acceptors (Lipinski definition) is 2. The number of rotatable bonds is 5. The van der Waals surface area contributed by atoms with Crippen LogP contribution in [-0.2, 0) is 17.6 Å². The Morgan fingerprint density at radius 1 is 1.21 bits per heavy atom. The van der Waals surface area contributed by atoms with Crippen LogP contribution < -0.4 is 5.32 Å². The van der Waals surface area contributed by atoms with Crippen molar-refractivity contribution in [3.05, 3.63) is 34.9 Å². The first-order chi connectivity index (χ1) is 9.06. The van der Waals surface area contributed by atoms with Gasteiger partial charge in [0.05, 0.1) is 6.54 Å². The molecule has 1 amide bonds. The zero-order valence-electron chi connectivity index (χ0n) is 11.7. The van der Waals surface area contributed by atoms with Crippen molar-refractivity contribution in [2.75, 3.05) is 6.54 Å². The third kappa shape index (κ3) is 3.66. The maximum Gasteiger partial charge on any atom is 0.220 e. The van der Waals surface area contributed by atoms with Crippen LogP contribution in [0.4, 0.5) is 0 Å². The molecule has 1 aliphatic rings.